The van der Waals surface area contributed by atoms with Crippen LogP contribution in [-0.2, 0) is 12.3 Å². The molecule has 0 aromatic heterocycles. The molecule has 0 amide bonds. The topological polar surface area (TPSA) is 12.0 Å². The molecule has 1 nitrogen and oxygen atoms in total. The summed E-state index contributed by atoms with van der Waals surface area (Å²) in [6.07, 6.45) is 5.07. The second-order valence-corrected chi connectivity index (χ2v) is 16.3. The highest BCUT2D eigenvalue weighted by Gasteiger charge is 2.52. The molecule has 1 N–H and O–H groups in total. The van der Waals surface area contributed by atoms with Gasteiger partial charge in [-0.15, -0.1) is 0 Å². The van der Waals surface area contributed by atoms with Crippen LogP contribution in [0.3, 0.4) is 0 Å². The lowest BCUT2D eigenvalue weighted by Crippen LogP contribution is -2.47. The molecule has 41 heavy (non-hydrogen) atoms. The van der Waals surface area contributed by atoms with E-state index in [4.69, 9.17) is 0 Å². The third kappa shape index (κ3) is 9.29. The van der Waals surface area contributed by atoms with Crippen molar-refractivity contribution in [2.75, 3.05) is 12.3 Å². The molecule has 0 aliphatic rings. The molecule has 2 aromatic carbocycles. The van der Waals surface area contributed by atoms with Crippen molar-refractivity contribution in [3.63, 3.8) is 0 Å². The lowest BCUT2D eigenvalue weighted by molar-refractivity contribution is -0.0105. The monoisotopic (exact) mass is 597 g/mol. The van der Waals surface area contributed by atoms with Crippen LogP contribution in [0.4, 0.5) is 0 Å². The van der Waals surface area contributed by atoms with Gasteiger partial charge in [0.25, 0.3) is 0 Å². The molecule has 2 aromatic rings. The summed E-state index contributed by atoms with van der Waals surface area (Å²) in [6, 6.07) is 18.9. The second kappa shape index (κ2) is 15.2. The average Bonchev–Trinajstić information content (AvgIpc) is 2.90. The molecule has 0 bridgehead atoms. The minimum Gasteiger partial charge on any atom is -0.312 e. The van der Waals surface area contributed by atoms with Gasteiger partial charge >= 0.3 is 0 Å². The van der Waals surface area contributed by atoms with E-state index in [1.54, 1.807) is 0 Å². The zero-order valence-electron chi connectivity index (χ0n) is 28.4. The van der Waals surface area contributed by atoms with Gasteiger partial charge < -0.3 is 5.32 Å². The largest absolute Gasteiger partial charge is 0.312 e. The molecule has 0 aliphatic carbocycles. The summed E-state index contributed by atoms with van der Waals surface area (Å²) in [5.41, 5.74) is 5.96. The van der Waals surface area contributed by atoms with Crippen molar-refractivity contribution in [3.05, 3.63) is 70.8 Å². The van der Waals surface area contributed by atoms with Gasteiger partial charge in [0.1, 0.15) is 0 Å². The fraction of sp³-hybridized carbons (Fsp3) is 0.684. The van der Waals surface area contributed by atoms with Crippen LogP contribution in [0.5, 0.6) is 0 Å². The highest BCUT2D eigenvalue weighted by molar-refractivity contribution is 7.80. The van der Waals surface area contributed by atoms with Gasteiger partial charge in [-0.1, -0.05) is 144 Å². The van der Waals surface area contributed by atoms with Gasteiger partial charge in [-0.2, -0.15) is 25.3 Å². The molecular formula is C38H63NS2. The molecule has 0 aliphatic heterocycles. The van der Waals surface area contributed by atoms with Crippen molar-refractivity contribution in [2.45, 2.75) is 126 Å². The number of hydrogen-bond donors (Lipinski definition) is 3. The Bertz CT molecular complexity index is 1030. The van der Waals surface area contributed by atoms with Crippen LogP contribution >= 0.6 is 25.3 Å². The molecule has 232 valence electrons. The summed E-state index contributed by atoms with van der Waals surface area (Å²) in [5.74, 6) is 3.15. The summed E-state index contributed by atoms with van der Waals surface area (Å²) in [7, 11) is 0. The second-order valence-electron chi connectivity index (χ2n) is 15.6. The molecule has 0 heterocycles. The van der Waals surface area contributed by atoms with E-state index < -0.39 is 0 Å². The molecule has 2 rings (SSSR count). The molecule has 0 radical (unpaired) electrons. The third-order valence-electron chi connectivity index (χ3n) is 10.7. The Balaban J connectivity index is 2.59. The van der Waals surface area contributed by atoms with E-state index in [2.05, 4.69) is 155 Å². The van der Waals surface area contributed by atoms with E-state index in [0.717, 1.165) is 24.6 Å². The van der Waals surface area contributed by atoms with Crippen LogP contribution in [0.1, 0.15) is 136 Å². The lowest BCUT2D eigenvalue weighted by atomic mass is 9.48. The maximum atomic E-state index is 4.55. The van der Waals surface area contributed by atoms with Crippen molar-refractivity contribution in [2.24, 2.45) is 27.6 Å². The first-order valence-electron chi connectivity index (χ1n) is 16.1. The lowest BCUT2D eigenvalue weighted by Gasteiger charge is -2.56. The van der Waals surface area contributed by atoms with E-state index >= 15 is 0 Å². The van der Waals surface area contributed by atoms with Crippen molar-refractivity contribution in [3.8, 4) is 0 Å². The maximum absolute atomic E-state index is 4.55. The van der Waals surface area contributed by atoms with Crippen molar-refractivity contribution in [1.29, 1.82) is 0 Å². The molecule has 3 heteroatoms. The van der Waals surface area contributed by atoms with Crippen LogP contribution < -0.4 is 5.32 Å². The van der Waals surface area contributed by atoms with Crippen LogP contribution in [-0.4, -0.2) is 12.3 Å². The van der Waals surface area contributed by atoms with E-state index in [1.807, 2.05) is 0 Å². The Hall–Kier alpha value is -0.900. The fourth-order valence-electron chi connectivity index (χ4n) is 7.23. The molecular weight excluding hydrogens is 535 g/mol. The SMILES string of the molecule is CCCCC(C)C(C)(C)CC(c1ccc(CS)cc1)C(C)(C)C(C)(C)C(c1ccc(CNCCS)cc1)C(C)(C)C. The maximum Gasteiger partial charge on any atom is 0.0205 e. The summed E-state index contributed by atoms with van der Waals surface area (Å²) >= 11 is 8.89. The quantitative estimate of drug-likeness (QED) is 0.129. The fourth-order valence-corrected chi connectivity index (χ4v) is 7.60. The standard InChI is InChI=1S/C38H63NS2/c1-12-13-14-28(2)36(6,7)25-33(31-19-17-30(27-41)18-20-31)37(8,9)38(10,11)34(35(3,4)5)32-21-15-29(16-22-32)26-39-23-24-40/h15-22,28,33-34,39-41H,12-14,23-27H2,1-11H3. The molecule has 0 saturated carbocycles. The summed E-state index contributed by atoms with van der Waals surface area (Å²) in [5, 5.41) is 3.49. The Morgan fingerprint density at radius 3 is 1.76 bits per heavy atom. The first kappa shape index (κ1) is 36.3. The smallest absolute Gasteiger partial charge is 0.0205 e. The summed E-state index contributed by atoms with van der Waals surface area (Å²) in [4.78, 5) is 0. The van der Waals surface area contributed by atoms with Gasteiger partial charge in [0.2, 0.25) is 0 Å². The Morgan fingerprint density at radius 2 is 1.27 bits per heavy atom. The number of nitrogens with one attached hydrogen (secondary N) is 1. The van der Waals surface area contributed by atoms with Crippen LogP contribution in [0, 0.1) is 27.6 Å². The Morgan fingerprint density at radius 1 is 0.732 bits per heavy atom. The van der Waals surface area contributed by atoms with E-state index in [-0.39, 0.29) is 21.7 Å². The molecule has 0 fully saturated rings. The predicted octanol–water partition coefficient (Wildman–Crippen LogP) is 11.3. The van der Waals surface area contributed by atoms with Gasteiger partial charge in [0, 0.05) is 24.6 Å². The normalized spacial score (nSPS) is 15.5. The zero-order valence-corrected chi connectivity index (χ0v) is 30.2. The zero-order chi connectivity index (χ0) is 31.1. The van der Waals surface area contributed by atoms with Crippen molar-refractivity contribution < 1.29 is 0 Å². The first-order valence-corrected chi connectivity index (χ1v) is 17.4. The number of unbranched alkanes of at least 4 members (excludes halogenated alkanes) is 1. The highest BCUT2D eigenvalue weighted by atomic mass is 32.1. The van der Waals surface area contributed by atoms with Gasteiger partial charge in [0.05, 0.1) is 0 Å². The van der Waals surface area contributed by atoms with Gasteiger partial charge in [-0.05, 0) is 68.1 Å². The average molecular weight is 598 g/mol. The van der Waals surface area contributed by atoms with Gasteiger partial charge in [0.15, 0.2) is 0 Å². The minimum atomic E-state index is 0.0205. The highest BCUT2D eigenvalue weighted by Crippen LogP contribution is 2.62. The number of rotatable bonds is 16. The Labute approximate surface area is 266 Å². The Kier molecular flexibility index (Phi) is 13.5. The van der Waals surface area contributed by atoms with E-state index in [0.29, 0.717) is 17.8 Å². The number of thiol groups is 2. The minimum absolute atomic E-state index is 0.0205. The van der Waals surface area contributed by atoms with E-state index in [1.165, 1.54) is 47.9 Å². The molecule has 0 saturated heterocycles. The third-order valence-corrected chi connectivity index (χ3v) is 11.3. The molecule has 3 unspecified atom stereocenters. The van der Waals surface area contributed by atoms with Gasteiger partial charge in [-0.25, -0.2) is 0 Å². The predicted molar refractivity (Wildman–Crippen MR) is 191 cm³/mol. The van der Waals surface area contributed by atoms with Crippen LogP contribution in [0.15, 0.2) is 48.5 Å². The number of hydrogen-bond acceptors (Lipinski definition) is 3. The van der Waals surface area contributed by atoms with Gasteiger partial charge in [-0.3, -0.25) is 0 Å². The van der Waals surface area contributed by atoms with E-state index in [9.17, 15) is 0 Å². The van der Waals surface area contributed by atoms with Crippen LogP contribution in [0.25, 0.3) is 0 Å². The molecule has 3 atom stereocenters. The van der Waals surface area contributed by atoms with Crippen molar-refractivity contribution >= 4 is 25.3 Å². The first-order chi connectivity index (χ1) is 19.0. The molecule has 0 spiro atoms. The summed E-state index contributed by atoms with van der Waals surface area (Å²) in [6.45, 7) is 29.2. The number of benzene rings is 2. The van der Waals surface area contributed by atoms with Crippen LogP contribution in [0.2, 0.25) is 0 Å². The van der Waals surface area contributed by atoms with Crippen molar-refractivity contribution in [1.82, 2.24) is 5.32 Å². The summed E-state index contributed by atoms with van der Waals surface area (Å²) < 4.78 is 0.